The van der Waals surface area contributed by atoms with Gasteiger partial charge in [0.05, 0.1) is 5.56 Å². The number of hydrogen-bond donors (Lipinski definition) is 0. The van der Waals surface area contributed by atoms with Crippen molar-refractivity contribution in [2.24, 2.45) is 0 Å². The number of anilines is 2. The van der Waals surface area contributed by atoms with Crippen molar-refractivity contribution in [3.05, 3.63) is 41.5 Å². The molecule has 1 aliphatic rings. The fraction of sp³-hybridized carbons (Fsp3) is 0.412. The van der Waals surface area contributed by atoms with E-state index >= 15 is 0 Å². The summed E-state index contributed by atoms with van der Waals surface area (Å²) in [4.78, 5) is 17.9. The molecule has 6 nitrogen and oxygen atoms in total. The predicted octanol–water partition coefficient (Wildman–Crippen LogP) is 1.94. The van der Waals surface area contributed by atoms with Crippen LogP contribution in [0.25, 0.3) is 0 Å². The van der Waals surface area contributed by atoms with Gasteiger partial charge >= 0.3 is 0 Å². The first-order chi connectivity index (χ1) is 11.2. The van der Waals surface area contributed by atoms with Crippen LogP contribution in [0.4, 0.5) is 11.6 Å². The quantitative estimate of drug-likeness (QED) is 0.863. The summed E-state index contributed by atoms with van der Waals surface area (Å²) in [6, 6.07) is 7.91. The molecule has 3 rings (SSSR count). The van der Waals surface area contributed by atoms with Crippen LogP contribution in [0.3, 0.4) is 0 Å². The van der Waals surface area contributed by atoms with Gasteiger partial charge < -0.3 is 9.80 Å². The van der Waals surface area contributed by atoms with E-state index in [4.69, 9.17) is 5.26 Å². The summed E-state index contributed by atoms with van der Waals surface area (Å²) in [5, 5.41) is 8.84. The zero-order valence-corrected chi connectivity index (χ0v) is 13.5. The van der Waals surface area contributed by atoms with E-state index in [1.807, 2.05) is 19.1 Å². The van der Waals surface area contributed by atoms with Crippen molar-refractivity contribution in [2.75, 3.05) is 36.0 Å². The third-order valence-electron chi connectivity index (χ3n) is 4.04. The van der Waals surface area contributed by atoms with E-state index in [1.165, 1.54) is 0 Å². The third kappa shape index (κ3) is 3.39. The minimum absolute atomic E-state index is 0.593. The zero-order valence-electron chi connectivity index (χ0n) is 13.5. The van der Waals surface area contributed by atoms with Crippen molar-refractivity contribution in [3.63, 3.8) is 0 Å². The monoisotopic (exact) mass is 308 g/mol. The average Bonchev–Trinajstić information content (AvgIpc) is 2.61. The maximum absolute atomic E-state index is 8.84. The fourth-order valence-corrected chi connectivity index (χ4v) is 2.76. The van der Waals surface area contributed by atoms with Crippen molar-refractivity contribution >= 4 is 11.6 Å². The highest BCUT2D eigenvalue weighted by Gasteiger charge is 2.19. The Morgan fingerprint density at radius 2 is 1.78 bits per heavy atom. The summed E-state index contributed by atoms with van der Waals surface area (Å²) in [6.45, 7) is 7.65. The van der Waals surface area contributed by atoms with Crippen LogP contribution in [0.1, 0.15) is 24.0 Å². The lowest BCUT2D eigenvalue weighted by Gasteiger charge is -2.36. The van der Waals surface area contributed by atoms with E-state index in [1.54, 1.807) is 6.20 Å². The van der Waals surface area contributed by atoms with Crippen LogP contribution in [0, 0.1) is 18.3 Å². The van der Waals surface area contributed by atoms with Gasteiger partial charge in [-0.3, -0.25) is 0 Å². The van der Waals surface area contributed by atoms with E-state index in [9.17, 15) is 0 Å². The number of hydrogen-bond acceptors (Lipinski definition) is 6. The maximum Gasteiger partial charge on any atom is 0.132 e. The van der Waals surface area contributed by atoms with Gasteiger partial charge in [0.25, 0.3) is 0 Å². The number of aryl methyl sites for hydroxylation is 2. The summed E-state index contributed by atoms with van der Waals surface area (Å²) < 4.78 is 0. The Balaban J connectivity index is 1.68. The molecule has 23 heavy (non-hydrogen) atoms. The number of nitrogens with zero attached hydrogens (tertiary/aromatic N) is 6. The largest absolute Gasteiger partial charge is 0.353 e. The molecule has 0 atom stereocenters. The topological polar surface area (TPSA) is 68.9 Å². The Labute approximate surface area is 136 Å². The molecule has 0 bridgehead atoms. The molecule has 0 N–H and O–H groups in total. The van der Waals surface area contributed by atoms with Crippen molar-refractivity contribution in [3.8, 4) is 6.07 Å². The summed E-state index contributed by atoms with van der Waals surface area (Å²) in [5.74, 6) is 2.77. The molecule has 1 aliphatic heterocycles. The second-order valence-electron chi connectivity index (χ2n) is 5.61. The van der Waals surface area contributed by atoms with Crippen molar-refractivity contribution < 1.29 is 0 Å². The van der Waals surface area contributed by atoms with E-state index < -0.39 is 0 Å². The number of piperazine rings is 1. The molecule has 0 radical (unpaired) electrons. The molecule has 0 amide bonds. The summed E-state index contributed by atoms with van der Waals surface area (Å²) in [7, 11) is 0. The zero-order chi connectivity index (χ0) is 16.2. The lowest BCUT2D eigenvalue weighted by Crippen LogP contribution is -2.47. The number of pyridine rings is 1. The van der Waals surface area contributed by atoms with Gasteiger partial charge in [0.1, 0.15) is 23.5 Å². The molecule has 0 saturated carbocycles. The summed E-state index contributed by atoms with van der Waals surface area (Å²) in [5.41, 5.74) is 1.68. The molecule has 0 unspecified atom stereocenters. The van der Waals surface area contributed by atoms with Crippen LogP contribution in [-0.4, -0.2) is 41.1 Å². The predicted molar refractivity (Wildman–Crippen MR) is 89.5 cm³/mol. The fourth-order valence-electron chi connectivity index (χ4n) is 2.76. The van der Waals surface area contributed by atoms with Gasteiger partial charge in [-0.2, -0.15) is 5.26 Å². The molecule has 2 aromatic rings. The van der Waals surface area contributed by atoms with E-state index in [-0.39, 0.29) is 0 Å². The Morgan fingerprint density at radius 3 is 2.35 bits per heavy atom. The second-order valence-corrected chi connectivity index (χ2v) is 5.61. The lowest BCUT2D eigenvalue weighted by atomic mass is 10.2. The Kier molecular flexibility index (Phi) is 4.38. The maximum atomic E-state index is 8.84. The molecule has 0 spiro atoms. The normalized spacial score (nSPS) is 14.7. The molecular weight excluding hydrogens is 288 g/mol. The lowest BCUT2D eigenvalue weighted by molar-refractivity contribution is 0.639. The van der Waals surface area contributed by atoms with Gasteiger partial charge in [0.2, 0.25) is 0 Å². The van der Waals surface area contributed by atoms with Gasteiger partial charge in [-0.15, -0.1) is 0 Å². The van der Waals surface area contributed by atoms with E-state index in [2.05, 4.69) is 43.8 Å². The molecule has 118 valence electrons. The highest BCUT2D eigenvalue weighted by Crippen LogP contribution is 2.18. The molecule has 6 heteroatoms. The Hall–Kier alpha value is -2.68. The SMILES string of the molecule is CCc1cc(N2CCN(c3ccc(C#N)cn3)CC2)nc(C)n1. The molecule has 2 aromatic heterocycles. The molecular formula is C17H20N6. The highest BCUT2D eigenvalue weighted by atomic mass is 15.3. The van der Waals surface area contributed by atoms with Crippen LogP contribution in [0.15, 0.2) is 24.4 Å². The van der Waals surface area contributed by atoms with E-state index in [0.717, 1.165) is 55.8 Å². The summed E-state index contributed by atoms with van der Waals surface area (Å²) in [6.07, 6.45) is 2.55. The van der Waals surface area contributed by atoms with Crippen LogP contribution < -0.4 is 9.80 Å². The molecule has 3 heterocycles. The van der Waals surface area contributed by atoms with Crippen LogP contribution in [0.2, 0.25) is 0 Å². The Morgan fingerprint density at radius 1 is 1.09 bits per heavy atom. The highest BCUT2D eigenvalue weighted by molar-refractivity contribution is 5.46. The first-order valence-corrected chi connectivity index (χ1v) is 7.90. The third-order valence-corrected chi connectivity index (χ3v) is 4.04. The van der Waals surface area contributed by atoms with Crippen LogP contribution in [-0.2, 0) is 6.42 Å². The van der Waals surface area contributed by atoms with Crippen LogP contribution in [0.5, 0.6) is 0 Å². The first-order valence-electron chi connectivity index (χ1n) is 7.90. The minimum Gasteiger partial charge on any atom is -0.353 e. The first kappa shape index (κ1) is 15.2. The molecule has 0 aliphatic carbocycles. The average molecular weight is 308 g/mol. The standard InChI is InChI=1S/C17H20N6/c1-3-15-10-17(21-13(2)20-15)23-8-6-22(7-9-23)16-5-4-14(11-18)12-19-16/h4-5,10,12H,3,6-9H2,1-2H3. The molecule has 0 aromatic carbocycles. The number of nitriles is 1. The van der Waals surface area contributed by atoms with Gasteiger partial charge in [0.15, 0.2) is 0 Å². The van der Waals surface area contributed by atoms with E-state index in [0.29, 0.717) is 5.56 Å². The van der Waals surface area contributed by atoms with Crippen LogP contribution >= 0.6 is 0 Å². The summed E-state index contributed by atoms with van der Waals surface area (Å²) >= 11 is 0. The van der Waals surface area contributed by atoms with Gasteiger partial charge in [0, 0.05) is 44.1 Å². The minimum atomic E-state index is 0.593. The van der Waals surface area contributed by atoms with Gasteiger partial charge in [-0.1, -0.05) is 6.92 Å². The van der Waals surface area contributed by atoms with Gasteiger partial charge in [-0.25, -0.2) is 15.0 Å². The Bertz CT molecular complexity index is 711. The number of rotatable bonds is 3. The smallest absolute Gasteiger partial charge is 0.132 e. The molecule has 1 saturated heterocycles. The van der Waals surface area contributed by atoms with Crippen molar-refractivity contribution in [1.29, 1.82) is 5.26 Å². The van der Waals surface area contributed by atoms with Gasteiger partial charge in [-0.05, 0) is 25.5 Å². The second kappa shape index (κ2) is 6.61. The van der Waals surface area contributed by atoms with Crippen molar-refractivity contribution in [2.45, 2.75) is 20.3 Å². The van der Waals surface area contributed by atoms with Crippen molar-refractivity contribution in [1.82, 2.24) is 15.0 Å². The molecule has 1 fully saturated rings. The number of aromatic nitrogens is 3.